The molecule has 1 N–H and O–H groups in total. The van der Waals surface area contributed by atoms with Crippen molar-refractivity contribution in [3.8, 4) is 11.3 Å². The van der Waals surface area contributed by atoms with E-state index in [2.05, 4.69) is 24.1 Å². The maximum atomic E-state index is 11.9. The standard InChI is InChI=1S/C17H20Cl2N2O2/c1-3-12(4-2)21-16(22)7-8-17-20-10-15(23-17)13-6-5-11(18)9-14(13)19/h5-6,9-10,12H,3-4,7-8H2,1-2H3,(H,21,22). The number of carbonyl (C=O) groups is 1. The number of halogens is 2. The van der Waals surface area contributed by atoms with Gasteiger partial charge in [0.2, 0.25) is 5.91 Å². The number of oxazole rings is 1. The van der Waals surface area contributed by atoms with Crippen molar-refractivity contribution in [2.75, 3.05) is 0 Å². The lowest BCUT2D eigenvalue weighted by molar-refractivity contribution is -0.121. The van der Waals surface area contributed by atoms with Crippen molar-refractivity contribution < 1.29 is 9.21 Å². The number of carbonyl (C=O) groups excluding carboxylic acids is 1. The molecule has 0 aliphatic carbocycles. The van der Waals surface area contributed by atoms with Gasteiger partial charge in [0.15, 0.2) is 11.7 Å². The molecular formula is C17H20Cl2N2O2. The zero-order valence-corrected chi connectivity index (χ0v) is 14.7. The third-order valence-electron chi connectivity index (χ3n) is 3.67. The van der Waals surface area contributed by atoms with Gasteiger partial charge in [-0.25, -0.2) is 4.98 Å². The van der Waals surface area contributed by atoms with E-state index in [0.29, 0.717) is 34.5 Å². The van der Waals surface area contributed by atoms with Gasteiger partial charge in [0, 0.05) is 29.5 Å². The average Bonchev–Trinajstić information content (AvgIpc) is 2.99. The minimum Gasteiger partial charge on any atom is -0.441 e. The van der Waals surface area contributed by atoms with Crippen LogP contribution in [0.15, 0.2) is 28.8 Å². The fourth-order valence-corrected chi connectivity index (χ4v) is 2.75. The lowest BCUT2D eigenvalue weighted by atomic mass is 10.1. The Kier molecular flexibility index (Phi) is 6.48. The van der Waals surface area contributed by atoms with Gasteiger partial charge in [-0.3, -0.25) is 4.79 Å². The maximum absolute atomic E-state index is 11.9. The fraction of sp³-hybridized carbons (Fsp3) is 0.412. The molecule has 124 valence electrons. The first kappa shape index (κ1) is 17.8. The molecule has 2 rings (SSSR count). The van der Waals surface area contributed by atoms with Gasteiger partial charge in [0.1, 0.15) is 0 Å². The molecule has 0 aliphatic rings. The Labute approximate surface area is 146 Å². The van der Waals surface area contributed by atoms with Crippen molar-refractivity contribution in [3.05, 3.63) is 40.3 Å². The Morgan fingerprint density at radius 3 is 2.70 bits per heavy atom. The summed E-state index contributed by atoms with van der Waals surface area (Å²) in [5.41, 5.74) is 0.733. The van der Waals surface area contributed by atoms with Crippen LogP contribution in [0.4, 0.5) is 0 Å². The van der Waals surface area contributed by atoms with Gasteiger partial charge in [0.05, 0.1) is 11.2 Å². The van der Waals surface area contributed by atoms with E-state index in [4.69, 9.17) is 27.6 Å². The molecule has 1 aromatic heterocycles. The van der Waals surface area contributed by atoms with Crippen molar-refractivity contribution >= 4 is 29.1 Å². The summed E-state index contributed by atoms with van der Waals surface area (Å²) >= 11 is 12.0. The Bertz CT molecular complexity index is 666. The molecule has 0 bridgehead atoms. The van der Waals surface area contributed by atoms with Crippen LogP contribution < -0.4 is 5.32 Å². The van der Waals surface area contributed by atoms with Gasteiger partial charge in [-0.1, -0.05) is 37.0 Å². The first-order valence-corrected chi connectivity index (χ1v) is 8.48. The van der Waals surface area contributed by atoms with Crippen molar-refractivity contribution in [1.29, 1.82) is 0 Å². The van der Waals surface area contributed by atoms with Crippen molar-refractivity contribution in [3.63, 3.8) is 0 Å². The Hall–Kier alpha value is -1.52. The summed E-state index contributed by atoms with van der Waals surface area (Å²) in [6.07, 6.45) is 4.28. The van der Waals surface area contributed by atoms with E-state index in [9.17, 15) is 4.79 Å². The molecule has 1 heterocycles. The molecule has 1 aromatic carbocycles. The molecule has 0 radical (unpaired) electrons. The molecular weight excluding hydrogens is 335 g/mol. The van der Waals surface area contributed by atoms with E-state index >= 15 is 0 Å². The summed E-state index contributed by atoms with van der Waals surface area (Å²) in [6, 6.07) is 5.42. The van der Waals surface area contributed by atoms with Gasteiger partial charge in [-0.15, -0.1) is 0 Å². The predicted octanol–water partition coefficient (Wildman–Crippen LogP) is 4.89. The maximum Gasteiger partial charge on any atom is 0.220 e. The van der Waals surface area contributed by atoms with Crippen LogP contribution in [0.25, 0.3) is 11.3 Å². The van der Waals surface area contributed by atoms with Crippen LogP contribution in [-0.4, -0.2) is 16.9 Å². The largest absolute Gasteiger partial charge is 0.441 e. The minimum atomic E-state index is 0.0166. The zero-order chi connectivity index (χ0) is 16.8. The number of aryl methyl sites for hydroxylation is 1. The zero-order valence-electron chi connectivity index (χ0n) is 13.2. The van der Waals surface area contributed by atoms with Crippen LogP contribution >= 0.6 is 23.2 Å². The van der Waals surface area contributed by atoms with E-state index in [1.807, 2.05) is 0 Å². The second-order valence-corrected chi connectivity index (χ2v) is 6.17. The van der Waals surface area contributed by atoms with Crippen LogP contribution in [-0.2, 0) is 11.2 Å². The highest BCUT2D eigenvalue weighted by atomic mass is 35.5. The van der Waals surface area contributed by atoms with E-state index in [1.165, 1.54) is 0 Å². The van der Waals surface area contributed by atoms with Gasteiger partial charge in [-0.05, 0) is 31.0 Å². The molecule has 2 aromatic rings. The molecule has 0 aliphatic heterocycles. The van der Waals surface area contributed by atoms with E-state index < -0.39 is 0 Å². The Morgan fingerprint density at radius 1 is 1.30 bits per heavy atom. The van der Waals surface area contributed by atoms with E-state index in [0.717, 1.165) is 18.4 Å². The summed E-state index contributed by atoms with van der Waals surface area (Å²) in [7, 11) is 0. The van der Waals surface area contributed by atoms with E-state index in [-0.39, 0.29) is 11.9 Å². The molecule has 0 unspecified atom stereocenters. The first-order chi connectivity index (χ1) is 11.0. The van der Waals surface area contributed by atoms with E-state index in [1.54, 1.807) is 24.4 Å². The lowest BCUT2D eigenvalue weighted by Crippen LogP contribution is -2.33. The molecule has 0 saturated carbocycles. The molecule has 1 amide bonds. The average molecular weight is 355 g/mol. The van der Waals surface area contributed by atoms with Crippen molar-refractivity contribution in [2.45, 2.75) is 45.6 Å². The highest BCUT2D eigenvalue weighted by Crippen LogP contribution is 2.30. The highest BCUT2D eigenvalue weighted by Gasteiger charge is 2.13. The Morgan fingerprint density at radius 2 is 2.04 bits per heavy atom. The molecule has 0 saturated heterocycles. The molecule has 0 fully saturated rings. The number of nitrogens with zero attached hydrogens (tertiary/aromatic N) is 1. The number of benzene rings is 1. The predicted molar refractivity (Wildman–Crippen MR) is 92.8 cm³/mol. The monoisotopic (exact) mass is 354 g/mol. The number of aromatic nitrogens is 1. The fourth-order valence-electron chi connectivity index (χ4n) is 2.25. The number of hydrogen-bond acceptors (Lipinski definition) is 3. The summed E-state index contributed by atoms with van der Waals surface area (Å²) < 4.78 is 5.68. The topological polar surface area (TPSA) is 55.1 Å². The number of hydrogen-bond donors (Lipinski definition) is 1. The second kappa shape index (κ2) is 8.37. The van der Waals surface area contributed by atoms with Gasteiger partial charge in [0.25, 0.3) is 0 Å². The van der Waals surface area contributed by atoms with Crippen LogP contribution in [0.3, 0.4) is 0 Å². The van der Waals surface area contributed by atoms with Crippen LogP contribution in [0, 0.1) is 0 Å². The smallest absolute Gasteiger partial charge is 0.220 e. The molecule has 0 spiro atoms. The van der Waals surface area contributed by atoms with Crippen LogP contribution in [0.5, 0.6) is 0 Å². The number of nitrogens with one attached hydrogen (secondary N) is 1. The van der Waals surface area contributed by atoms with Crippen LogP contribution in [0.1, 0.15) is 39.0 Å². The molecule has 0 atom stereocenters. The van der Waals surface area contributed by atoms with Gasteiger partial charge >= 0.3 is 0 Å². The minimum absolute atomic E-state index is 0.0166. The SMILES string of the molecule is CCC(CC)NC(=O)CCc1ncc(-c2ccc(Cl)cc2Cl)o1. The molecule has 4 nitrogen and oxygen atoms in total. The number of amides is 1. The summed E-state index contributed by atoms with van der Waals surface area (Å²) in [5.74, 6) is 1.11. The molecule has 23 heavy (non-hydrogen) atoms. The second-order valence-electron chi connectivity index (χ2n) is 5.32. The summed E-state index contributed by atoms with van der Waals surface area (Å²) in [4.78, 5) is 16.1. The lowest BCUT2D eigenvalue weighted by Gasteiger charge is -2.13. The highest BCUT2D eigenvalue weighted by molar-refractivity contribution is 6.36. The first-order valence-electron chi connectivity index (χ1n) is 7.73. The third kappa shape index (κ3) is 4.98. The molecule has 6 heteroatoms. The quantitative estimate of drug-likeness (QED) is 0.770. The van der Waals surface area contributed by atoms with Crippen molar-refractivity contribution in [2.24, 2.45) is 0 Å². The summed E-state index contributed by atoms with van der Waals surface area (Å²) in [6.45, 7) is 4.12. The van der Waals surface area contributed by atoms with Gasteiger partial charge in [-0.2, -0.15) is 0 Å². The van der Waals surface area contributed by atoms with Crippen LogP contribution in [0.2, 0.25) is 10.0 Å². The van der Waals surface area contributed by atoms with Crippen molar-refractivity contribution in [1.82, 2.24) is 10.3 Å². The summed E-state index contributed by atoms with van der Waals surface area (Å²) in [5, 5.41) is 4.07. The third-order valence-corrected chi connectivity index (χ3v) is 4.21. The van der Waals surface area contributed by atoms with Gasteiger partial charge < -0.3 is 9.73 Å². The Balaban J connectivity index is 1.96. The normalized spacial score (nSPS) is 11.0. The number of rotatable bonds is 7.